The average Bonchev–Trinajstić information content (AvgIpc) is 3.38. The molecular formula is C20H19F3N4O3. The zero-order chi connectivity index (χ0) is 21.3. The zero-order valence-corrected chi connectivity index (χ0v) is 15.9. The Morgan fingerprint density at radius 1 is 1.33 bits per heavy atom. The van der Waals surface area contributed by atoms with Crippen molar-refractivity contribution in [2.24, 2.45) is 0 Å². The van der Waals surface area contributed by atoms with Crippen molar-refractivity contribution in [3.05, 3.63) is 60.2 Å². The van der Waals surface area contributed by atoms with Crippen LogP contribution in [-0.4, -0.2) is 28.5 Å². The van der Waals surface area contributed by atoms with Crippen LogP contribution in [0, 0.1) is 0 Å². The number of hydrogen-bond acceptors (Lipinski definition) is 5. The summed E-state index contributed by atoms with van der Waals surface area (Å²) in [7, 11) is 0. The third kappa shape index (κ3) is 3.85. The molecule has 4 rings (SSSR count). The summed E-state index contributed by atoms with van der Waals surface area (Å²) in [6.07, 6.45) is -2.30. The Kier molecular flexibility index (Phi) is 5.15. The molecule has 10 heteroatoms. The van der Waals surface area contributed by atoms with E-state index < -0.39 is 24.2 Å². The van der Waals surface area contributed by atoms with Crippen LogP contribution in [0.4, 0.5) is 24.7 Å². The maximum absolute atomic E-state index is 13.7. The van der Waals surface area contributed by atoms with E-state index in [0.717, 1.165) is 10.9 Å². The van der Waals surface area contributed by atoms with Crippen LogP contribution in [-0.2, 0) is 0 Å². The van der Waals surface area contributed by atoms with Crippen molar-refractivity contribution in [1.82, 2.24) is 9.78 Å². The second-order valence-electron chi connectivity index (χ2n) is 6.77. The van der Waals surface area contributed by atoms with Gasteiger partial charge in [-0.3, -0.25) is 4.79 Å². The quantitative estimate of drug-likeness (QED) is 0.621. The molecular weight excluding hydrogens is 401 g/mol. The number of furan rings is 1. The number of hydrogen-bond donors (Lipinski definition) is 2. The first-order valence-corrected chi connectivity index (χ1v) is 9.35. The molecule has 0 unspecified atom stereocenters. The van der Waals surface area contributed by atoms with Crippen molar-refractivity contribution >= 4 is 17.4 Å². The van der Waals surface area contributed by atoms with E-state index in [0.29, 0.717) is 23.8 Å². The van der Waals surface area contributed by atoms with Gasteiger partial charge in [-0.25, -0.2) is 4.68 Å². The van der Waals surface area contributed by atoms with Crippen molar-refractivity contribution in [3.63, 3.8) is 0 Å². The number of amides is 1. The van der Waals surface area contributed by atoms with Gasteiger partial charge in [0.05, 0.1) is 25.1 Å². The fraction of sp³-hybridized carbons (Fsp3) is 0.300. The van der Waals surface area contributed by atoms with E-state index >= 15 is 0 Å². The molecule has 0 bridgehead atoms. The van der Waals surface area contributed by atoms with Crippen LogP contribution in [0.3, 0.4) is 0 Å². The fourth-order valence-electron chi connectivity index (χ4n) is 3.40. The van der Waals surface area contributed by atoms with Crippen molar-refractivity contribution in [2.75, 3.05) is 17.2 Å². The first kappa shape index (κ1) is 19.9. The van der Waals surface area contributed by atoms with Crippen LogP contribution in [0.1, 0.15) is 41.5 Å². The lowest BCUT2D eigenvalue weighted by Crippen LogP contribution is -2.36. The minimum atomic E-state index is -4.53. The molecule has 0 spiro atoms. The number of benzene rings is 1. The Balaban J connectivity index is 1.61. The minimum Gasteiger partial charge on any atom is -0.494 e. The molecule has 7 nitrogen and oxygen atoms in total. The summed E-state index contributed by atoms with van der Waals surface area (Å²) in [5.74, 6) is 0.422. The van der Waals surface area contributed by atoms with E-state index in [1.165, 1.54) is 6.26 Å². The highest BCUT2D eigenvalue weighted by atomic mass is 19.4. The van der Waals surface area contributed by atoms with E-state index in [4.69, 9.17) is 9.15 Å². The van der Waals surface area contributed by atoms with E-state index in [1.54, 1.807) is 36.4 Å². The number of carbonyl (C=O) groups is 1. The topological polar surface area (TPSA) is 81.3 Å². The second kappa shape index (κ2) is 7.77. The zero-order valence-electron chi connectivity index (χ0n) is 15.9. The predicted molar refractivity (Wildman–Crippen MR) is 103 cm³/mol. The van der Waals surface area contributed by atoms with Gasteiger partial charge in [-0.05, 0) is 43.3 Å². The van der Waals surface area contributed by atoms with Crippen molar-refractivity contribution in [2.45, 2.75) is 31.6 Å². The Labute approximate surface area is 169 Å². The normalized spacial score (nSPS) is 18.4. The molecule has 2 N–H and O–H groups in total. The SMILES string of the molecule is CCOc1ccc(NC(=O)c2cnn3c2N[C@H](c2ccco2)C[C@@H]3C(F)(F)F)cc1. The largest absolute Gasteiger partial charge is 0.494 e. The van der Waals surface area contributed by atoms with Gasteiger partial charge < -0.3 is 19.8 Å². The van der Waals surface area contributed by atoms with Crippen molar-refractivity contribution in [3.8, 4) is 5.75 Å². The minimum absolute atomic E-state index is 0.00610. The molecule has 1 amide bonds. The number of ether oxygens (including phenoxy) is 1. The molecule has 158 valence electrons. The molecule has 1 aliphatic heterocycles. The van der Waals surface area contributed by atoms with Crippen molar-refractivity contribution < 1.29 is 27.1 Å². The van der Waals surface area contributed by atoms with Gasteiger partial charge in [0.1, 0.15) is 22.9 Å². The van der Waals surface area contributed by atoms with E-state index in [-0.39, 0.29) is 17.8 Å². The van der Waals surface area contributed by atoms with Crippen LogP contribution in [0.2, 0.25) is 0 Å². The maximum atomic E-state index is 13.7. The number of nitrogens with one attached hydrogen (secondary N) is 2. The molecule has 30 heavy (non-hydrogen) atoms. The number of rotatable bonds is 5. The molecule has 0 aliphatic carbocycles. The Bertz CT molecular complexity index is 1010. The predicted octanol–water partition coefficient (Wildman–Crippen LogP) is 4.79. The number of alkyl halides is 3. The first-order valence-electron chi connectivity index (χ1n) is 9.35. The van der Waals surface area contributed by atoms with Gasteiger partial charge in [0.25, 0.3) is 5.91 Å². The Morgan fingerprint density at radius 3 is 2.73 bits per heavy atom. The number of fused-ring (bicyclic) bond motifs is 1. The van der Waals surface area contributed by atoms with Gasteiger partial charge in [0.2, 0.25) is 0 Å². The number of anilines is 2. The summed E-state index contributed by atoms with van der Waals surface area (Å²) in [6, 6.07) is 7.26. The van der Waals surface area contributed by atoms with Crippen LogP contribution < -0.4 is 15.4 Å². The van der Waals surface area contributed by atoms with Gasteiger partial charge >= 0.3 is 6.18 Å². The molecule has 2 atom stereocenters. The van der Waals surface area contributed by atoms with Crippen molar-refractivity contribution in [1.29, 1.82) is 0 Å². The molecule has 3 aromatic rings. The van der Waals surface area contributed by atoms with Crippen LogP contribution in [0.15, 0.2) is 53.3 Å². The smallest absolute Gasteiger partial charge is 0.410 e. The molecule has 0 radical (unpaired) electrons. The number of halogens is 3. The van der Waals surface area contributed by atoms with E-state index in [9.17, 15) is 18.0 Å². The molecule has 2 aromatic heterocycles. The highest BCUT2D eigenvalue weighted by molar-refractivity contribution is 6.07. The van der Waals surface area contributed by atoms with Crippen LogP contribution in [0.5, 0.6) is 5.75 Å². The average molecular weight is 420 g/mol. The number of aromatic nitrogens is 2. The van der Waals surface area contributed by atoms with Gasteiger partial charge in [-0.15, -0.1) is 0 Å². The lowest BCUT2D eigenvalue weighted by atomic mass is 10.0. The lowest BCUT2D eigenvalue weighted by Gasteiger charge is -2.32. The molecule has 3 heterocycles. The number of nitrogens with zero attached hydrogens (tertiary/aromatic N) is 2. The monoisotopic (exact) mass is 420 g/mol. The summed E-state index contributed by atoms with van der Waals surface area (Å²) in [4.78, 5) is 12.8. The molecule has 0 saturated heterocycles. The van der Waals surface area contributed by atoms with Gasteiger partial charge in [0.15, 0.2) is 6.04 Å². The summed E-state index contributed by atoms with van der Waals surface area (Å²) < 4.78 is 52.4. The highest BCUT2D eigenvalue weighted by Crippen LogP contribution is 2.44. The molecule has 1 aromatic carbocycles. The number of carbonyl (C=O) groups excluding carboxylic acids is 1. The second-order valence-corrected chi connectivity index (χ2v) is 6.77. The van der Waals surface area contributed by atoms with E-state index in [2.05, 4.69) is 15.7 Å². The summed E-state index contributed by atoms with van der Waals surface area (Å²) >= 11 is 0. The Hall–Kier alpha value is -3.43. The van der Waals surface area contributed by atoms with E-state index in [1.807, 2.05) is 6.92 Å². The molecule has 0 saturated carbocycles. The van der Waals surface area contributed by atoms with Gasteiger partial charge in [-0.2, -0.15) is 18.3 Å². The van der Waals surface area contributed by atoms with Gasteiger partial charge in [-0.1, -0.05) is 0 Å². The molecule has 1 aliphatic rings. The first-order chi connectivity index (χ1) is 14.4. The third-order valence-corrected chi connectivity index (χ3v) is 4.79. The highest BCUT2D eigenvalue weighted by Gasteiger charge is 2.47. The summed E-state index contributed by atoms with van der Waals surface area (Å²) in [5, 5.41) is 9.49. The summed E-state index contributed by atoms with van der Waals surface area (Å²) in [5.41, 5.74) is 0.489. The maximum Gasteiger partial charge on any atom is 0.410 e. The lowest BCUT2D eigenvalue weighted by molar-refractivity contribution is -0.174. The standard InChI is InChI=1S/C20H19F3N4O3/c1-2-29-13-7-5-12(6-8-13)25-19(28)14-11-24-27-17(20(21,22)23)10-15(26-18(14)27)16-4-3-9-30-16/h3-9,11,15,17,26H,2,10H2,1H3,(H,25,28)/t15-,17+/m0/s1. The third-order valence-electron chi connectivity index (χ3n) is 4.79. The fourth-order valence-corrected chi connectivity index (χ4v) is 3.40. The van der Waals surface area contributed by atoms with Crippen LogP contribution in [0.25, 0.3) is 0 Å². The van der Waals surface area contributed by atoms with Crippen LogP contribution >= 0.6 is 0 Å². The molecule has 0 fully saturated rings. The Morgan fingerprint density at radius 2 is 2.10 bits per heavy atom. The van der Waals surface area contributed by atoms with Gasteiger partial charge in [0, 0.05) is 12.1 Å². The summed E-state index contributed by atoms with van der Waals surface area (Å²) in [6.45, 7) is 2.37.